The summed E-state index contributed by atoms with van der Waals surface area (Å²) >= 11 is 0. The zero-order chi connectivity index (χ0) is 64.1. The number of hydrogen-bond acceptors (Lipinski definition) is 40. The molecule has 512 valence electrons. The number of rotatable bonds is 8. The van der Waals surface area contributed by atoms with Gasteiger partial charge in [-0.15, -0.1) is 0 Å². The van der Waals surface area contributed by atoms with Gasteiger partial charge in [-0.3, -0.25) is 0 Å². The van der Waals surface area contributed by atoms with Crippen LogP contribution in [0.25, 0.3) is 0 Å². The van der Waals surface area contributed by atoms with Crippen LogP contribution in [0.3, 0.4) is 0 Å². The summed E-state index contributed by atoms with van der Waals surface area (Å²) in [7, 11) is 0. The fourth-order valence-electron chi connectivity index (χ4n) is 11.9. The summed E-state index contributed by atoms with van der Waals surface area (Å²) in [6, 6.07) is 0. The van der Waals surface area contributed by atoms with Gasteiger partial charge in [0.25, 0.3) is 0 Å². The Labute approximate surface area is 496 Å². The minimum atomic E-state index is -2.25. The molecular weight excluding hydrogens is 1220 g/mol. The molecule has 0 aromatic carbocycles. The van der Waals surface area contributed by atoms with Crippen LogP contribution < -0.4 is 0 Å². The van der Waals surface area contributed by atoms with Gasteiger partial charge in [-0.2, -0.15) is 0 Å². The van der Waals surface area contributed by atoms with E-state index in [9.17, 15) is 123 Å². The maximum absolute atomic E-state index is 11.4. The quantitative estimate of drug-likeness (QED) is 0.107. The van der Waals surface area contributed by atoms with Crippen molar-refractivity contribution < 1.29 is 198 Å². The zero-order valence-corrected chi connectivity index (χ0v) is 46.0. The predicted molar refractivity (Wildman–Crippen MR) is 261 cm³/mol. The number of aliphatic hydroxyl groups is 24. The molecule has 0 spiro atoms. The van der Waals surface area contributed by atoms with Crippen molar-refractivity contribution in [2.45, 2.75) is 246 Å². The van der Waals surface area contributed by atoms with E-state index >= 15 is 0 Å². The molecule has 0 aliphatic carbocycles. The van der Waals surface area contributed by atoms with Crippen LogP contribution in [-0.4, -0.2) is 421 Å². The lowest BCUT2D eigenvalue weighted by atomic mass is 9.94. The van der Waals surface area contributed by atoms with E-state index in [1.54, 1.807) is 0 Å². The summed E-state index contributed by atoms with van der Waals surface area (Å²) in [4.78, 5) is 0. The number of aliphatic hydroxyl groups excluding tert-OH is 24. The second kappa shape index (κ2) is 30.0. The summed E-state index contributed by atoms with van der Waals surface area (Å²) in [6.07, 6.45) is -82.0. The van der Waals surface area contributed by atoms with Crippen LogP contribution in [0.1, 0.15) is 0 Å². The Morgan fingerprint density at radius 3 is 0.307 bits per heavy atom. The minimum absolute atomic E-state index is 1.08. The van der Waals surface area contributed by atoms with Gasteiger partial charge in [0.1, 0.15) is 195 Å². The van der Waals surface area contributed by atoms with E-state index in [1.165, 1.54) is 0 Å². The molecular formula is C48H80O40. The van der Waals surface area contributed by atoms with Crippen molar-refractivity contribution in [3.8, 4) is 0 Å². The first-order valence-electron chi connectivity index (χ1n) is 28.1. The van der Waals surface area contributed by atoms with Gasteiger partial charge < -0.3 is 198 Å². The molecule has 40 nitrogen and oxygen atoms in total. The standard InChI is InChI=1S/C48H80O40/c49-1-9-33-17(57)25(65)41(73-9)82-34-10(2-50)75-43(27(67)19(34)59)84-36-12(4-52)77-45(29(69)21(36)61)86-38-14(6-54)79-47(31(71)23(38)63)88-40-16(8-56)80-48(32(72)24(40)64)87-39-15(7-55)78-46(30(70)22(39)62)85-37-13(5-53)76-44(28(68)20(37)60)83-35-11(3-51)74-42(81-33)26(66)18(35)58/h9-72H,1-8H2/t9-,10-,11-,12-,13-,14-,15-,16-,17-,18-,19-,20-,21-,22-,23-,24-,25-,26-,27-,28-,29-,30-,31-,32-,33-,34-,35-,36-,37-,38-,39-,40-,41-,42-,43-,44-,45-,46-,47-,48?/m1/s1. The van der Waals surface area contributed by atoms with Crippen LogP contribution in [0, 0.1) is 0 Å². The van der Waals surface area contributed by atoms with E-state index in [0.29, 0.717) is 0 Å². The molecule has 40 heteroatoms. The number of ether oxygens (including phenoxy) is 16. The lowest BCUT2D eigenvalue weighted by molar-refractivity contribution is -0.404. The maximum Gasteiger partial charge on any atom is 0.187 e. The smallest absolute Gasteiger partial charge is 0.187 e. The van der Waals surface area contributed by atoms with Gasteiger partial charge in [0.15, 0.2) is 50.3 Å². The monoisotopic (exact) mass is 1300 g/mol. The molecule has 30 aliphatic heterocycles. The molecule has 30 fully saturated rings. The Hall–Kier alpha value is -1.60. The third-order valence-electron chi connectivity index (χ3n) is 16.9. The van der Waals surface area contributed by atoms with Crippen LogP contribution in [0.5, 0.6) is 0 Å². The molecule has 0 radical (unpaired) electrons. The summed E-state index contributed by atoms with van der Waals surface area (Å²) in [5.74, 6) is 0. The van der Waals surface area contributed by atoms with Gasteiger partial charge in [-0.25, -0.2) is 0 Å². The number of hydrogen-bond donors (Lipinski definition) is 24. The fraction of sp³-hybridized carbons (Fsp3) is 1.00. The molecule has 30 rings (SSSR count). The summed E-state index contributed by atoms with van der Waals surface area (Å²) in [5.41, 5.74) is 0. The average molecular weight is 1300 g/mol. The minimum Gasteiger partial charge on any atom is -0.394 e. The third kappa shape index (κ3) is 13.8. The highest BCUT2D eigenvalue weighted by molar-refractivity contribution is 5.02. The first-order chi connectivity index (χ1) is 41.9. The molecule has 0 saturated carbocycles. The topological polar surface area (TPSA) is 633 Å². The van der Waals surface area contributed by atoms with E-state index in [4.69, 9.17) is 75.8 Å². The van der Waals surface area contributed by atoms with Crippen LogP contribution in [-0.2, 0) is 75.8 Å². The highest BCUT2D eigenvalue weighted by atomic mass is 16.8. The van der Waals surface area contributed by atoms with E-state index in [0.717, 1.165) is 0 Å². The zero-order valence-electron chi connectivity index (χ0n) is 46.0. The molecule has 30 heterocycles. The van der Waals surface area contributed by atoms with Crippen LogP contribution in [0.4, 0.5) is 0 Å². The van der Waals surface area contributed by atoms with E-state index in [-0.39, 0.29) is 0 Å². The van der Waals surface area contributed by atoms with Gasteiger partial charge in [0.05, 0.1) is 52.9 Å². The fourth-order valence-corrected chi connectivity index (χ4v) is 11.9. The van der Waals surface area contributed by atoms with Gasteiger partial charge >= 0.3 is 0 Å². The summed E-state index contributed by atoms with van der Waals surface area (Å²) in [6.45, 7) is -8.64. The molecule has 40 atom stereocenters. The Bertz CT molecular complexity index is 1700. The molecule has 0 amide bonds. The maximum atomic E-state index is 11.4. The summed E-state index contributed by atoms with van der Waals surface area (Å²) < 4.78 is 91.1. The van der Waals surface area contributed by atoms with Crippen molar-refractivity contribution in [3.63, 3.8) is 0 Å². The summed E-state index contributed by atoms with van der Waals surface area (Å²) in [5, 5.41) is 265. The molecule has 0 aromatic rings. The van der Waals surface area contributed by atoms with E-state index < -0.39 is 299 Å². The van der Waals surface area contributed by atoms with Crippen molar-refractivity contribution in [2.75, 3.05) is 52.9 Å². The van der Waals surface area contributed by atoms with E-state index in [2.05, 4.69) is 0 Å². The molecule has 16 bridgehead atoms. The van der Waals surface area contributed by atoms with Crippen LogP contribution in [0.15, 0.2) is 0 Å². The lowest BCUT2D eigenvalue weighted by Crippen LogP contribution is -2.69. The predicted octanol–water partition coefficient (Wildman–Crippen LogP) is -17.4. The van der Waals surface area contributed by atoms with Gasteiger partial charge in [-0.1, -0.05) is 0 Å². The molecule has 30 aliphatic rings. The van der Waals surface area contributed by atoms with E-state index in [1.807, 2.05) is 0 Å². The highest BCUT2D eigenvalue weighted by Crippen LogP contribution is 2.40. The van der Waals surface area contributed by atoms with Crippen LogP contribution >= 0.6 is 0 Å². The Morgan fingerprint density at radius 1 is 0.136 bits per heavy atom. The van der Waals surface area contributed by atoms with Crippen molar-refractivity contribution in [3.05, 3.63) is 0 Å². The first kappa shape index (κ1) is 70.7. The Morgan fingerprint density at radius 2 is 0.227 bits per heavy atom. The van der Waals surface area contributed by atoms with Crippen molar-refractivity contribution >= 4 is 0 Å². The Balaban J connectivity index is 0.975. The lowest BCUT2D eigenvalue weighted by Gasteiger charge is -2.50. The molecule has 0 aromatic heterocycles. The molecule has 30 saturated heterocycles. The van der Waals surface area contributed by atoms with Crippen molar-refractivity contribution in [1.29, 1.82) is 0 Å². The normalized spacial score (nSPS) is 55.4. The van der Waals surface area contributed by atoms with Crippen molar-refractivity contribution in [2.24, 2.45) is 0 Å². The SMILES string of the molecule is OC[C@H]1O[C@@H]2O[C@H]3[C@H](O)[C@@H](O)[C@@H](O[C@H]4[C@H](O)[C@@H](O)[C@@H](O[C@H]5[C@H](O)[C@@H](O)[C@@H](O[C@H]6[C@H](O)[C@@H](O)[C@@H](O[C@H]7[C@H](O)[C@@H](O)[C@@H](O[C@H]8[C@H](O)[C@@H](O)[C@@H](O[C@H]9[C@H](O)[C@@H](O)C(O[C@H]1[C@H](O)[C@H]2O)O[C@@H]9CO)O[C@@H]8CO)O[C@@H]7CO)O[C@@H]6CO)O[C@@H]5CO)O[C@@H]4CO)O[C@@H]3CO. The molecule has 1 unspecified atom stereocenters. The van der Waals surface area contributed by atoms with Crippen molar-refractivity contribution in [1.82, 2.24) is 0 Å². The van der Waals surface area contributed by atoms with Gasteiger partial charge in [-0.05, 0) is 0 Å². The van der Waals surface area contributed by atoms with Gasteiger partial charge in [0.2, 0.25) is 0 Å². The largest absolute Gasteiger partial charge is 0.394 e. The average Bonchev–Trinajstić information content (AvgIpc) is 1.09. The van der Waals surface area contributed by atoms with Crippen LogP contribution in [0.2, 0.25) is 0 Å². The second-order valence-electron chi connectivity index (χ2n) is 22.5. The third-order valence-corrected chi connectivity index (χ3v) is 16.9. The molecule has 88 heavy (non-hydrogen) atoms. The molecule has 24 N–H and O–H groups in total. The second-order valence-corrected chi connectivity index (χ2v) is 22.5. The first-order valence-corrected chi connectivity index (χ1v) is 28.1. The van der Waals surface area contributed by atoms with Gasteiger partial charge in [0, 0.05) is 0 Å². The highest BCUT2D eigenvalue weighted by Gasteiger charge is 2.60. The Kier molecular flexibility index (Phi) is 24.1.